The molecule has 41 heavy (non-hydrogen) atoms. The standard InChI is InChI=1S/C27H28F5N7O2/c1-11-19(27(30,31)32)15(8-16(33)20(11)28)22-21(29)23(34-9-13-6-7-38(3)37-13)18-25(36-22)41-12(2)24-17-5-4-14(35-17)10-39(24)26(18)40/h6-8,12,14,17,24,35H,4-5,9-10,33H2,1-3H3,(H,34,36)/t12-,14+,17-,24+/m0/s1/i2D3. The smallest absolute Gasteiger partial charge is 0.417 e. The molecular formula is C27H28F5N7O2. The van der Waals surface area contributed by atoms with Gasteiger partial charge in [-0.25, -0.2) is 13.8 Å². The molecule has 5 heterocycles. The fourth-order valence-electron chi connectivity index (χ4n) is 6.04. The molecule has 2 fully saturated rings. The zero-order valence-electron chi connectivity index (χ0n) is 24.9. The number of halogens is 5. The summed E-state index contributed by atoms with van der Waals surface area (Å²) in [5.74, 6) is -4.16. The molecule has 1 amide bonds. The Balaban J connectivity index is 1.61. The Labute approximate surface area is 236 Å². The normalized spacial score (nSPS) is 25.0. The third-order valence-electron chi connectivity index (χ3n) is 7.87. The van der Waals surface area contributed by atoms with Crippen LogP contribution in [0, 0.1) is 18.6 Å². The minimum Gasteiger partial charge on any atom is -0.472 e. The van der Waals surface area contributed by atoms with Crippen LogP contribution in [0.5, 0.6) is 5.88 Å². The average Bonchev–Trinajstić information content (AvgIpc) is 3.49. The fourth-order valence-corrected chi connectivity index (χ4v) is 6.04. The number of rotatable bonds is 4. The molecule has 1 aromatic carbocycles. The minimum atomic E-state index is -5.17. The molecule has 0 saturated carbocycles. The maximum absolute atomic E-state index is 16.6. The van der Waals surface area contributed by atoms with Crippen LogP contribution in [0.15, 0.2) is 18.3 Å². The predicted octanol–water partition coefficient (Wildman–Crippen LogP) is 4.01. The third kappa shape index (κ3) is 4.44. The first kappa shape index (κ1) is 23.7. The van der Waals surface area contributed by atoms with Gasteiger partial charge in [0.25, 0.3) is 5.91 Å². The van der Waals surface area contributed by atoms with Gasteiger partial charge in [0.1, 0.15) is 23.2 Å². The van der Waals surface area contributed by atoms with Crippen molar-refractivity contribution in [2.24, 2.45) is 7.05 Å². The van der Waals surface area contributed by atoms with E-state index in [2.05, 4.69) is 20.7 Å². The maximum atomic E-state index is 16.6. The quantitative estimate of drug-likeness (QED) is 0.316. The van der Waals surface area contributed by atoms with Crippen LogP contribution in [0.4, 0.5) is 33.3 Å². The summed E-state index contributed by atoms with van der Waals surface area (Å²) in [5.41, 5.74) is 0.0804. The number of hydrogen-bond acceptors (Lipinski definition) is 7. The van der Waals surface area contributed by atoms with Gasteiger partial charge in [0.2, 0.25) is 5.88 Å². The second-order valence-corrected chi connectivity index (χ2v) is 10.5. The molecule has 6 rings (SSSR count). The van der Waals surface area contributed by atoms with Crippen LogP contribution in [0.2, 0.25) is 0 Å². The predicted molar refractivity (Wildman–Crippen MR) is 139 cm³/mol. The Hall–Kier alpha value is -3.94. The first-order valence-electron chi connectivity index (χ1n) is 14.4. The number of pyridine rings is 1. The van der Waals surface area contributed by atoms with Crippen molar-refractivity contribution in [1.82, 2.24) is 25.0 Å². The molecule has 3 aliphatic rings. The van der Waals surface area contributed by atoms with Gasteiger partial charge in [-0.3, -0.25) is 9.48 Å². The Bertz CT molecular complexity index is 1660. The summed E-state index contributed by atoms with van der Waals surface area (Å²) in [6.45, 7) is -2.03. The number of ether oxygens (including phenoxy) is 1. The first-order valence-corrected chi connectivity index (χ1v) is 12.9. The highest BCUT2D eigenvalue weighted by Crippen LogP contribution is 2.46. The van der Waals surface area contributed by atoms with Gasteiger partial charge in [0.15, 0.2) is 5.82 Å². The molecule has 3 aliphatic heterocycles. The molecule has 0 spiro atoms. The lowest BCUT2D eigenvalue weighted by molar-refractivity contribution is -0.137. The Kier molecular flexibility index (Phi) is 5.54. The molecule has 2 bridgehead atoms. The number of carbonyl (C=O) groups is 1. The van der Waals surface area contributed by atoms with Crippen LogP contribution >= 0.6 is 0 Å². The lowest BCUT2D eigenvalue weighted by Gasteiger charge is -2.41. The summed E-state index contributed by atoms with van der Waals surface area (Å²) in [6.07, 6.45) is -3.98. The highest BCUT2D eigenvalue weighted by molar-refractivity contribution is 6.03. The van der Waals surface area contributed by atoms with E-state index in [1.807, 2.05) is 0 Å². The molecule has 9 nitrogen and oxygen atoms in total. The summed E-state index contributed by atoms with van der Waals surface area (Å²) in [5, 5.41) is 10.3. The van der Waals surface area contributed by atoms with Crippen molar-refractivity contribution < 1.29 is 35.6 Å². The van der Waals surface area contributed by atoms with Gasteiger partial charge in [-0.05, 0) is 44.3 Å². The topological polar surface area (TPSA) is 110 Å². The number of nitrogens with two attached hydrogens (primary N) is 1. The van der Waals surface area contributed by atoms with Crippen LogP contribution in [0.3, 0.4) is 0 Å². The number of hydrogen-bond donors (Lipinski definition) is 3. The second-order valence-electron chi connectivity index (χ2n) is 10.5. The van der Waals surface area contributed by atoms with E-state index < -0.39 is 94.0 Å². The molecule has 0 radical (unpaired) electrons. The zero-order chi connectivity index (χ0) is 31.9. The van der Waals surface area contributed by atoms with Crippen molar-refractivity contribution in [3.63, 3.8) is 0 Å². The summed E-state index contributed by atoms with van der Waals surface area (Å²) < 4.78 is 106. The molecule has 2 aromatic heterocycles. The van der Waals surface area contributed by atoms with Gasteiger partial charge in [0.05, 0.1) is 35.2 Å². The zero-order valence-corrected chi connectivity index (χ0v) is 21.9. The lowest BCUT2D eigenvalue weighted by Crippen LogP contribution is -2.63. The van der Waals surface area contributed by atoms with Gasteiger partial charge in [-0.2, -0.15) is 18.3 Å². The number of benzene rings is 1. The number of anilines is 2. The maximum Gasteiger partial charge on any atom is 0.417 e. The molecule has 4 atom stereocenters. The van der Waals surface area contributed by atoms with Gasteiger partial charge >= 0.3 is 6.18 Å². The van der Waals surface area contributed by atoms with Crippen LogP contribution in [-0.2, 0) is 19.8 Å². The number of nitrogen functional groups attached to an aromatic ring is 1. The fraction of sp³-hybridized carbons (Fsp3) is 0.444. The molecular weight excluding hydrogens is 549 g/mol. The number of piperazine rings is 1. The summed E-state index contributed by atoms with van der Waals surface area (Å²) in [4.78, 5) is 19.6. The van der Waals surface area contributed by atoms with Crippen molar-refractivity contribution in [3.05, 3.63) is 52.3 Å². The number of nitrogens with zero attached hydrogens (tertiary/aromatic N) is 4. The molecule has 218 valence electrons. The van der Waals surface area contributed by atoms with E-state index in [1.54, 1.807) is 19.3 Å². The van der Waals surface area contributed by atoms with E-state index in [9.17, 15) is 22.4 Å². The molecule has 0 unspecified atom stereocenters. The summed E-state index contributed by atoms with van der Waals surface area (Å²) in [7, 11) is 1.64. The summed E-state index contributed by atoms with van der Waals surface area (Å²) in [6, 6.07) is 0.609. The number of nitrogens with one attached hydrogen (secondary N) is 2. The van der Waals surface area contributed by atoms with E-state index in [-0.39, 0.29) is 19.1 Å². The molecule has 3 aromatic rings. The molecule has 4 N–H and O–H groups in total. The van der Waals surface area contributed by atoms with Gasteiger partial charge in [0, 0.05) is 41.5 Å². The molecule has 14 heteroatoms. The minimum absolute atomic E-state index is 0.102. The van der Waals surface area contributed by atoms with Gasteiger partial charge in [-0.15, -0.1) is 0 Å². The van der Waals surface area contributed by atoms with E-state index in [4.69, 9.17) is 14.6 Å². The number of aryl methyl sites for hydroxylation is 1. The Morgan fingerprint density at radius 2 is 2.07 bits per heavy atom. The highest BCUT2D eigenvalue weighted by atomic mass is 19.4. The SMILES string of the molecule is [2H]C([2H])([2H])[C@@H]1Oc2nc(-c3cc(N)c(F)c(C)c3C(F)(F)F)c(F)c(NCc3ccn(C)n3)c2C(=O)N2C[C@H]3CC[C@H](N3)[C@@H]12. The van der Waals surface area contributed by atoms with Crippen LogP contribution in [0.1, 0.15) is 51.0 Å². The van der Waals surface area contributed by atoms with E-state index in [1.165, 1.54) is 9.58 Å². The Morgan fingerprint density at radius 3 is 2.76 bits per heavy atom. The highest BCUT2D eigenvalue weighted by Gasteiger charge is 2.49. The van der Waals surface area contributed by atoms with Crippen LogP contribution in [-0.4, -0.2) is 56.3 Å². The van der Waals surface area contributed by atoms with Crippen molar-refractivity contribution in [3.8, 4) is 17.1 Å². The third-order valence-corrected chi connectivity index (χ3v) is 7.87. The average molecular weight is 581 g/mol. The largest absolute Gasteiger partial charge is 0.472 e. The van der Waals surface area contributed by atoms with Crippen molar-refractivity contribution in [2.75, 3.05) is 17.6 Å². The van der Waals surface area contributed by atoms with E-state index in [0.717, 1.165) is 6.92 Å². The monoisotopic (exact) mass is 580 g/mol. The summed E-state index contributed by atoms with van der Waals surface area (Å²) >= 11 is 0. The van der Waals surface area contributed by atoms with Gasteiger partial charge < -0.3 is 26.0 Å². The number of amides is 1. The number of fused-ring (bicyclic) bond motifs is 5. The number of carbonyl (C=O) groups excluding carboxylic acids is 1. The lowest BCUT2D eigenvalue weighted by atomic mass is 9.95. The first-order chi connectivity index (χ1) is 20.6. The van der Waals surface area contributed by atoms with E-state index >= 15 is 4.39 Å². The van der Waals surface area contributed by atoms with Crippen LogP contribution in [0.25, 0.3) is 11.3 Å². The second kappa shape index (κ2) is 9.57. The molecule has 0 aliphatic carbocycles. The van der Waals surface area contributed by atoms with Crippen molar-refractivity contribution in [2.45, 2.75) is 63.6 Å². The van der Waals surface area contributed by atoms with E-state index in [0.29, 0.717) is 24.6 Å². The Morgan fingerprint density at radius 1 is 1.29 bits per heavy atom. The van der Waals surface area contributed by atoms with Gasteiger partial charge in [-0.1, -0.05) is 0 Å². The van der Waals surface area contributed by atoms with Crippen LogP contribution < -0.4 is 21.1 Å². The number of alkyl halides is 3. The van der Waals surface area contributed by atoms with Crippen molar-refractivity contribution in [1.29, 1.82) is 0 Å². The number of aromatic nitrogens is 3. The molecule has 2 saturated heterocycles. The van der Waals surface area contributed by atoms with Crippen molar-refractivity contribution >= 4 is 17.3 Å².